The lowest BCUT2D eigenvalue weighted by Crippen LogP contribution is -2.10. The molecule has 0 atom stereocenters. The molecule has 0 bridgehead atoms. The summed E-state index contributed by atoms with van der Waals surface area (Å²) in [6.07, 6.45) is 5.07. The van der Waals surface area contributed by atoms with Crippen molar-refractivity contribution in [2.75, 3.05) is 26.6 Å². The Morgan fingerprint density at radius 3 is 2.55 bits per heavy atom. The van der Waals surface area contributed by atoms with Gasteiger partial charge in [-0.05, 0) is 53.5 Å². The van der Waals surface area contributed by atoms with Crippen LogP contribution in [0.3, 0.4) is 0 Å². The third-order valence-electron chi connectivity index (χ3n) is 4.43. The first-order chi connectivity index (χ1) is 14.0. The second kappa shape index (κ2) is 13.7. The predicted molar refractivity (Wildman–Crippen MR) is 124 cm³/mol. The normalized spacial score (nSPS) is 12.5. The largest absolute Gasteiger partial charge is 0.496 e. The van der Waals surface area contributed by atoms with Gasteiger partial charge in [0.1, 0.15) is 23.7 Å². The van der Waals surface area contributed by atoms with Crippen molar-refractivity contribution >= 4 is 42.6 Å². The molecule has 0 saturated carbocycles. The summed E-state index contributed by atoms with van der Waals surface area (Å²) in [6.45, 7) is 7.50. The molecule has 0 spiro atoms. The minimum Gasteiger partial charge on any atom is -0.496 e. The molecule has 162 valence electrons. The summed E-state index contributed by atoms with van der Waals surface area (Å²) in [5, 5.41) is 0. The van der Waals surface area contributed by atoms with Crippen LogP contribution in [0.25, 0.3) is 0 Å². The van der Waals surface area contributed by atoms with Crippen LogP contribution in [-0.4, -0.2) is 39.0 Å². The number of halogens is 1. The highest BCUT2D eigenvalue weighted by atomic mass is 127. The van der Waals surface area contributed by atoms with Crippen LogP contribution in [-0.2, 0) is 27.3 Å². The van der Waals surface area contributed by atoms with Gasteiger partial charge in [0.25, 0.3) is 6.47 Å². The molecule has 0 saturated heterocycles. The van der Waals surface area contributed by atoms with Gasteiger partial charge in [-0.25, -0.2) is 4.79 Å². The van der Waals surface area contributed by atoms with Crippen LogP contribution < -0.4 is 9.47 Å². The topological polar surface area (TPSA) is 71.1 Å². The molecule has 1 aromatic carbocycles. The van der Waals surface area contributed by atoms with E-state index in [1.165, 1.54) is 12.7 Å². The third-order valence-corrected chi connectivity index (χ3v) is 6.07. The van der Waals surface area contributed by atoms with Gasteiger partial charge in [-0.2, -0.15) is 0 Å². The minimum absolute atomic E-state index is 0.290. The zero-order valence-corrected chi connectivity index (χ0v) is 20.6. The lowest BCUT2D eigenvalue weighted by molar-refractivity contribution is -0.126. The van der Waals surface area contributed by atoms with Gasteiger partial charge in [-0.1, -0.05) is 33.9 Å². The highest BCUT2D eigenvalue weighted by molar-refractivity contribution is 14.2. The molecule has 0 unspecified atom stereocenters. The van der Waals surface area contributed by atoms with Crippen molar-refractivity contribution in [1.29, 1.82) is 0 Å². The fourth-order valence-electron chi connectivity index (χ4n) is 3.12. The van der Waals surface area contributed by atoms with Crippen molar-refractivity contribution in [3.8, 4) is 11.5 Å². The maximum Gasteiger partial charge on any atom is 0.342 e. The van der Waals surface area contributed by atoms with E-state index >= 15 is 0 Å². The number of esters is 1. The van der Waals surface area contributed by atoms with Gasteiger partial charge < -0.3 is 18.9 Å². The molecule has 29 heavy (non-hydrogen) atoms. The van der Waals surface area contributed by atoms with E-state index < -0.39 is 0 Å². The smallest absolute Gasteiger partial charge is 0.342 e. The molecule has 2 rings (SSSR count). The van der Waals surface area contributed by atoms with Crippen LogP contribution in [0.1, 0.15) is 53.7 Å². The van der Waals surface area contributed by atoms with E-state index in [0.717, 1.165) is 41.0 Å². The van der Waals surface area contributed by atoms with Crippen LogP contribution in [0, 0.1) is 6.92 Å². The van der Waals surface area contributed by atoms with E-state index in [1.54, 1.807) is 16.0 Å². The lowest BCUT2D eigenvalue weighted by Gasteiger charge is -2.19. The Balaban J connectivity index is 0.000000960. The van der Waals surface area contributed by atoms with Gasteiger partial charge in [0.15, 0.2) is 0 Å². The summed E-state index contributed by atoms with van der Waals surface area (Å²) in [6, 6.07) is 0. The van der Waals surface area contributed by atoms with E-state index in [-0.39, 0.29) is 5.97 Å². The Labute approximate surface area is 189 Å². The molecule has 0 fully saturated rings. The van der Waals surface area contributed by atoms with E-state index in [1.807, 2.05) is 6.92 Å². The standard InChI is InChI=1S/C19H25IO4S.C2H4O2/c1-5-6-12(2)7-8-14-17(22-4)13(3)15-11-24-19(21)16(15)18(14)23-9-10-25-20;1-4-2-3/h7H,5-6,8-11H2,1-4H3;2H,1H3/b12-7+;. The first kappa shape index (κ1) is 25.6. The highest BCUT2D eigenvalue weighted by Crippen LogP contribution is 2.43. The molecular weight excluding hydrogens is 507 g/mol. The van der Waals surface area contributed by atoms with Crippen LogP contribution in [0.5, 0.6) is 11.5 Å². The van der Waals surface area contributed by atoms with Gasteiger partial charge in [-0.3, -0.25) is 4.79 Å². The summed E-state index contributed by atoms with van der Waals surface area (Å²) in [4.78, 5) is 21.2. The Kier molecular flexibility index (Phi) is 12.1. The number of carbonyl (C=O) groups excluding carboxylic acids is 2. The molecule has 1 aliphatic heterocycles. The number of rotatable bonds is 10. The Morgan fingerprint density at radius 1 is 1.31 bits per heavy atom. The average Bonchev–Trinajstić information content (AvgIpc) is 3.10. The lowest BCUT2D eigenvalue weighted by atomic mass is 9.94. The molecule has 0 radical (unpaired) electrons. The van der Waals surface area contributed by atoms with Crippen molar-refractivity contribution in [2.45, 2.75) is 46.6 Å². The van der Waals surface area contributed by atoms with E-state index in [2.05, 4.69) is 45.9 Å². The summed E-state index contributed by atoms with van der Waals surface area (Å²) in [5.74, 6) is 1.99. The van der Waals surface area contributed by atoms with E-state index in [4.69, 9.17) is 19.0 Å². The minimum atomic E-state index is -0.298. The van der Waals surface area contributed by atoms with E-state index in [0.29, 0.717) is 37.4 Å². The SMILES string of the molecule is CCC/C(C)=C/Cc1c(OC)c(C)c2c(c1OCCSI)C(=O)OC2.COC=O. The van der Waals surface area contributed by atoms with Crippen LogP contribution in [0.4, 0.5) is 0 Å². The summed E-state index contributed by atoms with van der Waals surface area (Å²) in [5.41, 5.74) is 4.70. The molecule has 0 aromatic heterocycles. The maximum atomic E-state index is 12.3. The Morgan fingerprint density at radius 2 is 2.00 bits per heavy atom. The highest BCUT2D eigenvalue weighted by Gasteiger charge is 2.33. The second-order valence-electron chi connectivity index (χ2n) is 6.39. The van der Waals surface area contributed by atoms with Gasteiger partial charge in [0, 0.05) is 16.9 Å². The number of carbonyl (C=O) groups is 2. The second-order valence-corrected chi connectivity index (χ2v) is 8.89. The maximum absolute atomic E-state index is 12.3. The van der Waals surface area contributed by atoms with Crippen LogP contribution in [0.15, 0.2) is 11.6 Å². The monoisotopic (exact) mass is 536 g/mol. The summed E-state index contributed by atoms with van der Waals surface area (Å²) in [7, 11) is 4.67. The zero-order chi connectivity index (χ0) is 21.8. The average molecular weight is 536 g/mol. The number of allylic oxidation sites excluding steroid dienone is 2. The molecule has 0 N–H and O–H groups in total. The van der Waals surface area contributed by atoms with Crippen molar-refractivity contribution in [3.63, 3.8) is 0 Å². The van der Waals surface area contributed by atoms with Gasteiger partial charge in [0.2, 0.25) is 0 Å². The number of cyclic esters (lactones) is 1. The van der Waals surface area contributed by atoms with Gasteiger partial charge in [0.05, 0.1) is 20.8 Å². The van der Waals surface area contributed by atoms with Gasteiger partial charge in [-0.15, -0.1) is 0 Å². The molecule has 1 aliphatic rings. The molecule has 0 aliphatic carbocycles. The van der Waals surface area contributed by atoms with Crippen molar-refractivity contribution in [1.82, 2.24) is 0 Å². The predicted octanol–water partition coefficient (Wildman–Crippen LogP) is 5.21. The van der Waals surface area contributed by atoms with Crippen molar-refractivity contribution in [3.05, 3.63) is 33.9 Å². The summed E-state index contributed by atoms with van der Waals surface area (Å²) >= 11 is 2.24. The number of ether oxygens (including phenoxy) is 4. The fourth-order valence-corrected chi connectivity index (χ4v) is 3.80. The molecule has 0 amide bonds. The third kappa shape index (κ3) is 7.09. The van der Waals surface area contributed by atoms with E-state index in [9.17, 15) is 4.79 Å². The number of hydrogen-bond acceptors (Lipinski definition) is 7. The van der Waals surface area contributed by atoms with Crippen molar-refractivity contribution < 1.29 is 28.5 Å². The quantitative estimate of drug-likeness (QED) is 0.134. The van der Waals surface area contributed by atoms with Crippen molar-refractivity contribution in [2.24, 2.45) is 0 Å². The number of hydrogen-bond donors (Lipinski definition) is 0. The molecule has 8 heteroatoms. The van der Waals surface area contributed by atoms with Crippen LogP contribution >= 0.6 is 30.1 Å². The number of methoxy groups -OCH3 is 2. The summed E-state index contributed by atoms with van der Waals surface area (Å²) < 4.78 is 20.9. The van der Waals surface area contributed by atoms with Crippen LogP contribution in [0.2, 0.25) is 0 Å². The Bertz CT molecular complexity index is 733. The Hall–Kier alpha value is -1.42. The van der Waals surface area contributed by atoms with Gasteiger partial charge >= 0.3 is 5.97 Å². The molecule has 1 heterocycles. The number of fused-ring (bicyclic) bond motifs is 1. The first-order valence-electron chi connectivity index (χ1n) is 9.34. The number of benzene rings is 1. The molecular formula is C21H29IO6S. The fraction of sp³-hybridized carbons (Fsp3) is 0.524. The first-order valence-corrected chi connectivity index (χ1v) is 12.9. The molecule has 6 nitrogen and oxygen atoms in total. The zero-order valence-electron chi connectivity index (χ0n) is 17.6. The molecule has 1 aromatic rings.